The van der Waals surface area contributed by atoms with Crippen LogP contribution in [0.3, 0.4) is 0 Å². The largest absolute Gasteiger partial charge is 0.355 e. The fourth-order valence-corrected chi connectivity index (χ4v) is 2.42. The van der Waals surface area contributed by atoms with E-state index < -0.39 is 0 Å². The molecule has 5 heteroatoms. The third-order valence-electron chi connectivity index (χ3n) is 3.32. The van der Waals surface area contributed by atoms with Gasteiger partial charge in [0.05, 0.1) is 6.20 Å². The second kappa shape index (κ2) is 5.08. The predicted molar refractivity (Wildman–Crippen MR) is 68.3 cm³/mol. The lowest BCUT2D eigenvalue weighted by Gasteiger charge is -2.32. The highest BCUT2D eigenvalue weighted by Gasteiger charge is 2.23. The van der Waals surface area contributed by atoms with E-state index in [1.165, 1.54) is 6.42 Å². The lowest BCUT2D eigenvalue weighted by atomic mass is 9.94. The van der Waals surface area contributed by atoms with Crippen molar-refractivity contribution in [1.29, 1.82) is 0 Å². The monoisotopic (exact) mass is 241 g/mol. The van der Waals surface area contributed by atoms with E-state index in [9.17, 15) is 0 Å². The Balaban J connectivity index is 1.77. The minimum absolute atomic E-state index is 0.462. The first kappa shape index (κ1) is 11.1. The molecule has 1 aliphatic rings. The van der Waals surface area contributed by atoms with Gasteiger partial charge >= 0.3 is 0 Å². The molecular weight excluding hydrogens is 226 g/mol. The SMILES string of the molecule is c1cc([C@@H]2CCCN(c3cnccn3)C2)ncn1. The molecular formula is C13H15N5. The summed E-state index contributed by atoms with van der Waals surface area (Å²) in [5.41, 5.74) is 1.12. The van der Waals surface area contributed by atoms with Gasteiger partial charge in [-0.1, -0.05) is 0 Å². The lowest BCUT2D eigenvalue weighted by Crippen LogP contribution is -2.35. The zero-order chi connectivity index (χ0) is 12.2. The van der Waals surface area contributed by atoms with Crippen molar-refractivity contribution in [3.05, 3.63) is 42.9 Å². The molecule has 0 unspecified atom stereocenters. The molecule has 3 heterocycles. The Morgan fingerprint density at radius 1 is 1.11 bits per heavy atom. The number of aromatic nitrogens is 4. The summed E-state index contributed by atoms with van der Waals surface area (Å²) in [4.78, 5) is 19.1. The van der Waals surface area contributed by atoms with E-state index in [0.29, 0.717) is 5.92 Å². The zero-order valence-corrected chi connectivity index (χ0v) is 10.1. The summed E-state index contributed by atoms with van der Waals surface area (Å²) in [5, 5.41) is 0. The molecule has 0 N–H and O–H groups in total. The van der Waals surface area contributed by atoms with E-state index in [1.807, 2.05) is 18.5 Å². The van der Waals surface area contributed by atoms with Crippen LogP contribution in [0.4, 0.5) is 5.82 Å². The highest BCUT2D eigenvalue weighted by atomic mass is 15.2. The van der Waals surface area contributed by atoms with Crippen LogP contribution in [-0.4, -0.2) is 33.0 Å². The van der Waals surface area contributed by atoms with Crippen molar-refractivity contribution >= 4 is 5.82 Å². The number of hydrogen-bond donors (Lipinski definition) is 0. The number of piperidine rings is 1. The van der Waals surface area contributed by atoms with Gasteiger partial charge < -0.3 is 4.90 Å². The van der Waals surface area contributed by atoms with E-state index >= 15 is 0 Å². The van der Waals surface area contributed by atoms with Gasteiger partial charge in [-0.05, 0) is 18.9 Å². The first-order valence-electron chi connectivity index (χ1n) is 6.20. The van der Waals surface area contributed by atoms with Crippen molar-refractivity contribution in [3.8, 4) is 0 Å². The first-order valence-corrected chi connectivity index (χ1v) is 6.20. The zero-order valence-electron chi connectivity index (χ0n) is 10.1. The highest BCUT2D eigenvalue weighted by Crippen LogP contribution is 2.27. The summed E-state index contributed by atoms with van der Waals surface area (Å²) in [6.45, 7) is 2.00. The Bertz CT molecular complexity index is 442. The second-order valence-electron chi connectivity index (χ2n) is 4.48. The summed E-state index contributed by atoms with van der Waals surface area (Å²) < 4.78 is 0. The van der Waals surface area contributed by atoms with Gasteiger partial charge in [-0.15, -0.1) is 0 Å². The predicted octanol–water partition coefficient (Wildman–Crippen LogP) is 1.65. The molecule has 18 heavy (non-hydrogen) atoms. The number of hydrogen-bond acceptors (Lipinski definition) is 5. The van der Waals surface area contributed by atoms with Crippen molar-refractivity contribution in [3.63, 3.8) is 0 Å². The summed E-state index contributed by atoms with van der Waals surface area (Å²) in [7, 11) is 0. The van der Waals surface area contributed by atoms with Gasteiger partial charge in [-0.25, -0.2) is 15.0 Å². The van der Waals surface area contributed by atoms with Crippen molar-refractivity contribution < 1.29 is 0 Å². The van der Waals surface area contributed by atoms with Crippen molar-refractivity contribution in [2.45, 2.75) is 18.8 Å². The lowest BCUT2D eigenvalue weighted by molar-refractivity contribution is 0.497. The van der Waals surface area contributed by atoms with E-state index in [-0.39, 0.29) is 0 Å². The van der Waals surface area contributed by atoms with E-state index in [2.05, 4.69) is 24.8 Å². The van der Waals surface area contributed by atoms with Crippen LogP contribution in [-0.2, 0) is 0 Å². The Kier molecular flexibility index (Phi) is 3.12. The number of rotatable bonds is 2. The Morgan fingerprint density at radius 3 is 2.89 bits per heavy atom. The van der Waals surface area contributed by atoms with Crippen LogP contribution in [0, 0.1) is 0 Å². The molecule has 0 saturated carbocycles. The van der Waals surface area contributed by atoms with Crippen LogP contribution in [0.15, 0.2) is 37.2 Å². The summed E-state index contributed by atoms with van der Waals surface area (Å²) in [6.07, 6.45) is 11.0. The van der Waals surface area contributed by atoms with Gasteiger partial charge in [0, 0.05) is 43.3 Å². The average molecular weight is 241 g/mol. The molecule has 0 aromatic carbocycles. The molecule has 2 aromatic heterocycles. The molecule has 0 aliphatic carbocycles. The third-order valence-corrected chi connectivity index (χ3v) is 3.32. The maximum Gasteiger partial charge on any atom is 0.147 e. The average Bonchev–Trinajstić information content (AvgIpc) is 2.49. The van der Waals surface area contributed by atoms with Crippen LogP contribution in [0.25, 0.3) is 0 Å². The number of anilines is 1. The molecule has 0 spiro atoms. The van der Waals surface area contributed by atoms with Gasteiger partial charge in [0.25, 0.3) is 0 Å². The Morgan fingerprint density at radius 2 is 2.11 bits per heavy atom. The van der Waals surface area contributed by atoms with Crippen molar-refractivity contribution in [2.75, 3.05) is 18.0 Å². The maximum atomic E-state index is 4.36. The first-order chi connectivity index (χ1) is 8.93. The van der Waals surface area contributed by atoms with E-state index in [4.69, 9.17) is 0 Å². The van der Waals surface area contributed by atoms with Crippen LogP contribution in [0.2, 0.25) is 0 Å². The van der Waals surface area contributed by atoms with Gasteiger partial charge in [0.1, 0.15) is 12.1 Å². The Labute approximate surface area is 106 Å². The van der Waals surface area contributed by atoms with E-state index in [1.54, 1.807) is 18.7 Å². The molecule has 1 saturated heterocycles. The normalized spacial score (nSPS) is 19.8. The molecule has 0 radical (unpaired) electrons. The molecule has 5 nitrogen and oxygen atoms in total. The third kappa shape index (κ3) is 2.30. The topological polar surface area (TPSA) is 54.8 Å². The van der Waals surface area contributed by atoms with Crippen LogP contribution < -0.4 is 4.90 Å². The van der Waals surface area contributed by atoms with Crippen LogP contribution in [0.5, 0.6) is 0 Å². The summed E-state index contributed by atoms with van der Waals surface area (Å²) >= 11 is 0. The molecule has 2 aromatic rings. The van der Waals surface area contributed by atoms with Gasteiger partial charge in [0.2, 0.25) is 0 Å². The van der Waals surface area contributed by atoms with Gasteiger partial charge in [0.15, 0.2) is 0 Å². The molecule has 92 valence electrons. The quantitative estimate of drug-likeness (QED) is 0.800. The fourth-order valence-electron chi connectivity index (χ4n) is 2.42. The van der Waals surface area contributed by atoms with E-state index in [0.717, 1.165) is 31.0 Å². The molecule has 1 aliphatic heterocycles. The minimum Gasteiger partial charge on any atom is -0.355 e. The minimum atomic E-state index is 0.462. The van der Waals surface area contributed by atoms with Crippen molar-refractivity contribution in [2.24, 2.45) is 0 Å². The molecule has 0 amide bonds. The molecule has 0 bridgehead atoms. The Hall–Kier alpha value is -2.04. The molecule has 1 atom stereocenters. The molecule has 1 fully saturated rings. The van der Waals surface area contributed by atoms with Gasteiger partial charge in [-0.3, -0.25) is 4.98 Å². The summed E-state index contributed by atoms with van der Waals surface area (Å²) in [5.74, 6) is 1.42. The summed E-state index contributed by atoms with van der Waals surface area (Å²) in [6, 6.07) is 2.00. The second-order valence-corrected chi connectivity index (χ2v) is 4.48. The standard InChI is InChI=1S/C13H15N5/c1-2-11(12-3-4-15-10-17-12)9-18(7-1)13-8-14-5-6-16-13/h3-6,8,10-11H,1-2,7,9H2/t11-/m1/s1. The van der Waals surface area contributed by atoms with Crippen molar-refractivity contribution in [1.82, 2.24) is 19.9 Å². The van der Waals surface area contributed by atoms with Gasteiger partial charge in [-0.2, -0.15) is 0 Å². The van der Waals surface area contributed by atoms with Crippen LogP contribution >= 0.6 is 0 Å². The van der Waals surface area contributed by atoms with Crippen LogP contribution in [0.1, 0.15) is 24.5 Å². The molecule has 3 rings (SSSR count). The maximum absolute atomic E-state index is 4.36. The highest BCUT2D eigenvalue weighted by molar-refractivity contribution is 5.36. The smallest absolute Gasteiger partial charge is 0.147 e. The number of nitrogens with zero attached hydrogens (tertiary/aromatic N) is 5. The fraction of sp³-hybridized carbons (Fsp3) is 0.385.